The van der Waals surface area contributed by atoms with E-state index >= 15 is 8.78 Å². The van der Waals surface area contributed by atoms with Crippen LogP contribution in [0.25, 0.3) is 0 Å². The number of benzene rings is 5. The van der Waals surface area contributed by atoms with Crippen molar-refractivity contribution in [3.63, 3.8) is 0 Å². The Hall–Kier alpha value is -5.22. The van der Waals surface area contributed by atoms with Gasteiger partial charge in [-0.2, -0.15) is 0 Å². The third-order valence-electron chi connectivity index (χ3n) is 9.66. The maximum Gasteiger partial charge on any atom is 0.147 e. The fraction of sp³-hybridized carbons (Fsp3) is 0.182. The summed E-state index contributed by atoms with van der Waals surface area (Å²) < 4.78 is 33.1. The Labute approximate surface area is 283 Å². The Morgan fingerprint density at radius 3 is 1.42 bits per heavy atom. The molecular formula is C44H40F2N2. The lowest BCUT2D eigenvalue weighted by atomic mass is 9.72. The molecule has 5 aromatic rings. The highest BCUT2D eigenvalue weighted by molar-refractivity contribution is 5.83. The molecule has 0 aliphatic heterocycles. The molecule has 2 aliphatic carbocycles. The summed E-state index contributed by atoms with van der Waals surface area (Å²) in [5, 5.41) is 0. The van der Waals surface area contributed by atoms with Gasteiger partial charge in [0.2, 0.25) is 0 Å². The van der Waals surface area contributed by atoms with Gasteiger partial charge < -0.3 is 9.80 Å². The highest BCUT2D eigenvalue weighted by atomic mass is 19.1. The third-order valence-corrected chi connectivity index (χ3v) is 9.66. The van der Waals surface area contributed by atoms with E-state index in [9.17, 15) is 0 Å². The van der Waals surface area contributed by atoms with Gasteiger partial charge in [-0.15, -0.1) is 0 Å². The first-order valence-corrected chi connectivity index (χ1v) is 16.6. The average molecular weight is 635 g/mol. The second-order valence-electron chi connectivity index (χ2n) is 13.3. The zero-order valence-corrected chi connectivity index (χ0v) is 28.4. The molecule has 0 saturated heterocycles. The van der Waals surface area contributed by atoms with Crippen molar-refractivity contribution >= 4 is 28.4 Å². The van der Waals surface area contributed by atoms with Crippen molar-refractivity contribution in [1.29, 1.82) is 0 Å². The van der Waals surface area contributed by atoms with E-state index < -0.39 is 0 Å². The van der Waals surface area contributed by atoms with Gasteiger partial charge in [-0.25, -0.2) is 8.78 Å². The molecule has 48 heavy (non-hydrogen) atoms. The lowest BCUT2D eigenvalue weighted by molar-refractivity contribution is 0.619. The summed E-state index contributed by atoms with van der Waals surface area (Å²) in [7, 11) is 0. The van der Waals surface area contributed by atoms with Gasteiger partial charge in [0, 0.05) is 28.7 Å². The van der Waals surface area contributed by atoms with E-state index in [1.807, 2.05) is 72.2 Å². The van der Waals surface area contributed by atoms with Gasteiger partial charge in [-0.05, 0) is 131 Å². The summed E-state index contributed by atoms with van der Waals surface area (Å²) in [6.45, 7) is 12.2. The zero-order valence-electron chi connectivity index (χ0n) is 28.4. The van der Waals surface area contributed by atoms with E-state index in [0.717, 1.165) is 72.8 Å². The molecule has 1 unspecified atom stereocenters. The normalized spacial score (nSPS) is 15.4. The van der Waals surface area contributed by atoms with Crippen molar-refractivity contribution in [2.45, 2.75) is 53.9 Å². The SMILES string of the molecule is CC1=CC(F)=C(N(c2ccc(C)cc2)c2ccc(C)cc2)C2=CCc3c(c(C)cc(F)c3N(c3ccc(C)cc3)c3ccc(C)cc3)C12. The third kappa shape index (κ3) is 5.56. The summed E-state index contributed by atoms with van der Waals surface area (Å²) in [6, 6.07) is 34.5. The first kappa shape index (κ1) is 31.4. The Kier molecular flexibility index (Phi) is 8.12. The van der Waals surface area contributed by atoms with Crippen LogP contribution in [-0.2, 0) is 6.42 Å². The maximum atomic E-state index is 16.6. The smallest absolute Gasteiger partial charge is 0.147 e. The van der Waals surface area contributed by atoms with E-state index in [1.54, 1.807) is 12.1 Å². The lowest BCUT2D eigenvalue weighted by Crippen LogP contribution is -2.28. The molecule has 0 aromatic heterocycles. The number of hydrogen-bond acceptors (Lipinski definition) is 2. The molecule has 1 atom stereocenters. The monoisotopic (exact) mass is 634 g/mol. The molecular weight excluding hydrogens is 594 g/mol. The van der Waals surface area contributed by atoms with Crippen LogP contribution < -0.4 is 9.80 Å². The van der Waals surface area contributed by atoms with Gasteiger partial charge in [0.1, 0.15) is 11.6 Å². The minimum Gasteiger partial charge on any atom is -0.307 e. The first-order valence-electron chi connectivity index (χ1n) is 16.6. The molecule has 0 saturated carbocycles. The van der Waals surface area contributed by atoms with Gasteiger partial charge in [0.15, 0.2) is 0 Å². The van der Waals surface area contributed by atoms with E-state index in [2.05, 4.69) is 82.3 Å². The molecule has 4 heteroatoms. The summed E-state index contributed by atoms with van der Waals surface area (Å²) >= 11 is 0. The quantitative estimate of drug-likeness (QED) is 0.183. The van der Waals surface area contributed by atoms with Gasteiger partial charge >= 0.3 is 0 Å². The van der Waals surface area contributed by atoms with Crippen LogP contribution in [0.5, 0.6) is 0 Å². The number of allylic oxidation sites excluding steroid dienone is 5. The molecule has 0 radical (unpaired) electrons. The molecule has 0 fully saturated rings. The highest BCUT2D eigenvalue weighted by Crippen LogP contribution is 2.53. The van der Waals surface area contributed by atoms with Crippen LogP contribution in [0.1, 0.15) is 51.8 Å². The molecule has 0 bridgehead atoms. The molecule has 2 aliphatic rings. The number of rotatable bonds is 6. The van der Waals surface area contributed by atoms with Crippen LogP contribution in [0.3, 0.4) is 0 Å². The minimum absolute atomic E-state index is 0.237. The number of nitrogens with zero attached hydrogens (tertiary/aromatic N) is 2. The molecule has 240 valence electrons. The van der Waals surface area contributed by atoms with Gasteiger partial charge in [0.05, 0.1) is 11.4 Å². The van der Waals surface area contributed by atoms with Crippen LogP contribution in [0.4, 0.5) is 37.2 Å². The molecule has 0 heterocycles. The van der Waals surface area contributed by atoms with Crippen LogP contribution in [0, 0.1) is 40.4 Å². The Morgan fingerprint density at radius 2 is 0.979 bits per heavy atom. The zero-order chi connectivity index (χ0) is 33.7. The van der Waals surface area contributed by atoms with Gasteiger partial charge in [-0.3, -0.25) is 0 Å². The Bertz CT molecular complexity index is 2010. The second kappa shape index (κ2) is 12.4. The summed E-state index contributed by atoms with van der Waals surface area (Å²) in [5.41, 5.74) is 13.8. The Balaban J connectivity index is 1.43. The van der Waals surface area contributed by atoms with E-state index in [-0.39, 0.29) is 17.6 Å². The fourth-order valence-electron chi connectivity index (χ4n) is 7.20. The van der Waals surface area contributed by atoms with Crippen molar-refractivity contribution in [2.24, 2.45) is 0 Å². The number of aryl methyl sites for hydroxylation is 5. The van der Waals surface area contributed by atoms with Crippen LogP contribution in [0.2, 0.25) is 0 Å². The minimum atomic E-state index is -0.277. The molecule has 0 spiro atoms. The lowest BCUT2D eigenvalue weighted by Gasteiger charge is -2.40. The summed E-state index contributed by atoms with van der Waals surface area (Å²) in [6.07, 6.45) is 4.25. The van der Waals surface area contributed by atoms with Crippen molar-refractivity contribution in [2.75, 3.05) is 9.80 Å². The van der Waals surface area contributed by atoms with Crippen LogP contribution >= 0.6 is 0 Å². The Morgan fingerprint density at radius 1 is 0.562 bits per heavy atom. The van der Waals surface area contributed by atoms with E-state index in [4.69, 9.17) is 0 Å². The van der Waals surface area contributed by atoms with Crippen LogP contribution in [0.15, 0.2) is 138 Å². The number of fused-ring (bicyclic) bond motifs is 3. The summed E-state index contributed by atoms with van der Waals surface area (Å²) in [4.78, 5) is 4.07. The molecule has 0 amide bonds. The van der Waals surface area contributed by atoms with Crippen molar-refractivity contribution < 1.29 is 8.78 Å². The first-order chi connectivity index (χ1) is 23.1. The van der Waals surface area contributed by atoms with Gasteiger partial charge in [0.25, 0.3) is 0 Å². The number of hydrogen-bond donors (Lipinski definition) is 0. The predicted octanol–water partition coefficient (Wildman–Crippen LogP) is 12.4. The largest absolute Gasteiger partial charge is 0.307 e. The van der Waals surface area contributed by atoms with Crippen molar-refractivity contribution in [1.82, 2.24) is 0 Å². The average Bonchev–Trinajstić information content (AvgIpc) is 3.07. The second-order valence-corrected chi connectivity index (χ2v) is 13.3. The number of halogens is 2. The van der Waals surface area contributed by atoms with Crippen LogP contribution in [-0.4, -0.2) is 0 Å². The fourth-order valence-corrected chi connectivity index (χ4v) is 7.20. The van der Waals surface area contributed by atoms with Crippen molar-refractivity contribution in [3.05, 3.63) is 183 Å². The molecule has 0 N–H and O–H groups in total. The standard InChI is InChI=1S/C44H40F2N2/c1-27-7-15-33(16-8-27)47(34-17-9-28(2)10-18-34)43-37-23-24-38-42(41(37)31(5)25-39(43)45)32(6)26-40(46)44(38)48(35-19-11-29(3)12-20-35)36-21-13-30(4)14-22-36/h7-23,25-26,41H,24H2,1-6H3. The maximum absolute atomic E-state index is 16.6. The highest BCUT2D eigenvalue weighted by Gasteiger charge is 2.38. The van der Waals surface area contributed by atoms with E-state index in [1.165, 1.54) is 0 Å². The molecule has 5 aromatic carbocycles. The molecule has 2 nitrogen and oxygen atoms in total. The van der Waals surface area contributed by atoms with Gasteiger partial charge in [-0.1, -0.05) is 82.4 Å². The van der Waals surface area contributed by atoms with E-state index in [0.29, 0.717) is 17.8 Å². The molecule has 7 rings (SSSR count). The summed E-state index contributed by atoms with van der Waals surface area (Å²) in [5.74, 6) is -0.788. The predicted molar refractivity (Wildman–Crippen MR) is 196 cm³/mol. The van der Waals surface area contributed by atoms with Crippen molar-refractivity contribution in [3.8, 4) is 0 Å². The number of anilines is 5. The topological polar surface area (TPSA) is 6.48 Å².